The molecular weight excluding hydrogens is 434 g/mol. The molecule has 0 fully saturated rings. The van der Waals surface area contributed by atoms with E-state index in [0.717, 1.165) is 16.6 Å². The van der Waals surface area contributed by atoms with Crippen molar-refractivity contribution in [3.05, 3.63) is 84.3 Å². The molecule has 7 nitrogen and oxygen atoms in total. The zero-order chi connectivity index (χ0) is 22.1. The van der Waals surface area contributed by atoms with Gasteiger partial charge in [-0.2, -0.15) is 0 Å². The van der Waals surface area contributed by atoms with Gasteiger partial charge in [-0.1, -0.05) is 12.1 Å². The lowest BCUT2D eigenvalue weighted by molar-refractivity contribution is 0.580. The number of fused-ring (bicyclic) bond motifs is 1. The average molecular weight is 456 g/mol. The summed E-state index contributed by atoms with van der Waals surface area (Å²) in [5.74, 6) is 0. The maximum atomic E-state index is 13.2. The zero-order valence-electron chi connectivity index (χ0n) is 16.7. The summed E-state index contributed by atoms with van der Waals surface area (Å²) in [6.45, 7) is 1.79. The van der Waals surface area contributed by atoms with Gasteiger partial charge in [0.05, 0.1) is 14.7 Å². The maximum absolute atomic E-state index is 13.2. The Morgan fingerprint density at radius 1 is 0.935 bits per heavy atom. The van der Waals surface area contributed by atoms with Crippen molar-refractivity contribution in [2.24, 2.45) is 0 Å². The topological polar surface area (TPSA) is 109 Å². The van der Waals surface area contributed by atoms with Crippen LogP contribution in [-0.4, -0.2) is 33.3 Å². The van der Waals surface area contributed by atoms with E-state index in [1.54, 1.807) is 43.6 Å². The van der Waals surface area contributed by atoms with Crippen molar-refractivity contribution in [3.63, 3.8) is 0 Å². The highest BCUT2D eigenvalue weighted by Crippen LogP contribution is 2.27. The fourth-order valence-corrected chi connectivity index (χ4v) is 6.01. The molecule has 9 heteroatoms. The molecule has 2 N–H and O–H groups in total. The summed E-state index contributed by atoms with van der Waals surface area (Å²) >= 11 is 0. The van der Waals surface area contributed by atoms with E-state index in [1.807, 2.05) is 12.1 Å². The molecule has 0 spiro atoms. The lowest BCUT2D eigenvalue weighted by Crippen LogP contribution is -2.27. The van der Waals surface area contributed by atoms with Crippen LogP contribution >= 0.6 is 0 Å². The predicted molar refractivity (Wildman–Crippen MR) is 118 cm³/mol. The second kappa shape index (κ2) is 8.26. The Bertz CT molecular complexity index is 1440. The third-order valence-corrected chi connectivity index (χ3v) is 8.35. The Morgan fingerprint density at radius 2 is 1.71 bits per heavy atom. The highest BCUT2D eigenvalue weighted by molar-refractivity contribution is 7.91. The fraction of sp³-hybridized carbons (Fsp3) is 0.136. The number of pyridine rings is 1. The highest BCUT2D eigenvalue weighted by atomic mass is 32.2. The number of nitrogens with zero attached hydrogens (tertiary/aromatic N) is 1. The van der Waals surface area contributed by atoms with Crippen LogP contribution in [0.25, 0.3) is 10.9 Å². The molecule has 0 bridgehead atoms. The number of hydrogen-bond donors (Lipinski definition) is 2. The second-order valence-electron chi connectivity index (χ2n) is 7.13. The summed E-state index contributed by atoms with van der Waals surface area (Å²) in [6.07, 6.45) is 3.80. The summed E-state index contributed by atoms with van der Waals surface area (Å²) in [5.41, 5.74) is 2.05. The molecule has 2 heterocycles. The number of aromatic nitrogens is 2. The number of sulfonamides is 1. The van der Waals surface area contributed by atoms with Gasteiger partial charge in [-0.15, -0.1) is 0 Å². The molecule has 2 aromatic heterocycles. The van der Waals surface area contributed by atoms with Gasteiger partial charge in [0.2, 0.25) is 19.9 Å². The van der Waals surface area contributed by atoms with Gasteiger partial charge in [-0.25, -0.2) is 21.6 Å². The fourth-order valence-electron chi connectivity index (χ4n) is 3.31. The maximum Gasteiger partial charge on any atom is 0.240 e. The number of rotatable bonds is 7. The largest absolute Gasteiger partial charge is 0.361 e. The quantitative estimate of drug-likeness (QED) is 0.445. The molecular formula is C22H21N3O4S2. The van der Waals surface area contributed by atoms with Crippen LogP contribution in [0.4, 0.5) is 0 Å². The average Bonchev–Trinajstić information content (AvgIpc) is 3.22. The predicted octanol–water partition coefficient (Wildman–Crippen LogP) is 3.23. The molecule has 0 aliphatic rings. The molecule has 0 unspecified atom stereocenters. The standard InChI is InChI=1S/C22H21N3O4S2/c1-16-5-6-20(30(26,27)19-7-8-21-17(14-19)9-12-24-21)15-22(16)31(28,29)25-13-10-18-4-2-3-11-23-18/h2-9,11-12,14-15,24-25H,10,13H2,1H3. The van der Waals surface area contributed by atoms with Crippen molar-refractivity contribution >= 4 is 30.8 Å². The Labute approximate surface area is 181 Å². The van der Waals surface area contributed by atoms with Gasteiger partial charge < -0.3 is 4.98 Å². The van der Waals surface area contributed by atoms with Crippen molar-refractivity contribution in [2.45, 2.75) is 28.0 Å². The molecule has 0 aliphatic carbocycles. The zero-order valence-corrected chi connectivity index (χ0v) is 18.4. The van der Waals surface area contributed by atoms with Gasteiger partial charge >= 0.3 is 0 Å². The number of H-pyrrole nitrogens is 1. The first kappa shape index (κ1) is 21.2. The minimum atomic E-state index is -3.90. The number of aromatic amines is 1. The van der Waals surface area contributed by atoms with E-state index in [9.17, 15) is 16.8 Å². The van der Waals surface area contributed by atoms with Gasteiger partial charge in [0.15, 0.2) is 0 Å². The first-order valence-corrected chi connectivity index (χ1v) is 12.6. The van der Waals surface area contributed by atoms with E-state index in [1.165, 1.54) is 24.3 Å². The van der Waals surface area contributed by atoms with Crippen molar-refractivity contribution in [3.8, 4) is 0 Å². The van der Waals surface area contributed by atoms with Gasteiger partial charge in [0.1, 0.15) is 0 Å². The van der Waals surface area contributed by atoms with E-state index in [-0.39, 0.29) is 21.2 Å². The number of benzene rings is 2. The monoisotopic (exact) mass is 455 g/mol. The Balaban J connectivity index is 1.62. The van der Waals surface area contributed by atoms with Gasteiger partial charge in [-0.3, -0.25) is 4.98 Å². The van der Waals surface area contributed by atoms with Crippen LogP contribution < -0.4 is 4.72 Å². The van der Waals surface area contributed by atoms with Crippen molar-refractivity contribution in [1.29, 1.82) is 0 Å². The smallest absolute Gasteiger partial charge is 0.240 e. The van der Waals surface area contributed by atoms with E-state index < -0.39 is 19.9 Å². The van der Waals surface area contributed by atoms with E-state index >= 15 is 0 Å². The number of aryl methyl sites for hydroxylation is 1. The molecule has 160 valence electrons. The van der Waals surface area contributed by atoms with Crippen molar-refractivity contribution in [1.82, 2.24) is 14.7 Å². The molecule has 0 aliphatic heterocycles. The molecule has 4 aromatic rings. The van der Waals surface area contributed by atoms with Crippen molar-refractivity contribution < 1.29 is 16.8 Å². The Morgan fingerprint density at radius 3 is 2.48 bits per heavy atom. The van der Waals surface area contributed by atoms with Gasteiger partial charge in [0, 0.05) is 42.0 Å². The summed E-state index contributed by atoms with van der Waals surface area (Å²) < 4.78 is 54.6. The highest BCUT2D eigenvalue weighted by Gasteiger charge is 2.23. The Kier molecular flexibility index (Phi) is 5.65. The van der Waals surface area contributed by atoms with Gasteiger partial charge in [0.25, 0.3) is 0 Å². The minimum absolute atomic E-state index is 0.0580. The van der Waals surface area contributed by atoms with E-state index in [4.69, 9.17) is 0 Å². The third-order valence-electron chi connectivity index (χ3n) is 4.99. The SMILES string of the molecule is Cc1ccc(S(=O)(=O)c2ccc3[nH]ccc3c2)cc1S(=O)(=O)NCCc1ccccn1. The summed E-state index contributed by atoms with van der Waals surface area (Å²) in [7, 11) is -7.79. The summed E-state index contributed by atoms with van der Waals surface area (Å²) in [6, 6.07) is 16.1. The number of hydrogen-bond acceptors (Lipinski definition) is 5. The summed E-state index contributed by atoms with van der Waals surface area (Å²) in [5, 5.41) is 0.761. The first-order valence-electron chi connectivity index (χ1n) is 9.60. The van der Waals surface area contributed by atoms with Crippen LogP contribution in [0.5, 0.6) is 0 Å². The number of nitrogens with one attached hydrogen (secondary N) is 2. The molecule has 0 saturated heterocycles. The summed E-state index contributed by atoms with van der Waals surface area (Å²) in [4.78, 5) is 7.17. The lowest BCUT2D eigenvalue weighted by atomic mass is 10.2. The molecule has 0 atom stereocenters. The number of sulfone groups is 1. The Hall–Kier alpha value is -3.01. The molecule has 2 aromatic carbocycles. The first-order chi connectivity index (χ1) is 14.8. The van der Waals surface area contributed by atoms with E-state index in [2.05, 4.69) is 14.7 Å². The van der Waals surface area contributed by atoms with Crippen LogP contribution in [-0.2, 0) is 26.3 Å². The third kappa shape index (κ3) is 4.39. The lowest BCUT2D eigenvalue weighted by Gasteiger charge is -2.12. The van der Waals surface area contributed by atoms with Crippen LogP contribution in [0.15, 0.2) is 87.7 Å². The molecule has 31 heavy (non-hydrogen) atoms. The normalized spacial score (nSPS) is 12.3. The van der Waals surface area contributed by atoms with E-state index in [0.29, 0.717) is 12.0 Å². The molecule has 4 rings (SSSR count). The minimum Gasteiger partial charge on any atom is -0.361 e. The van der Waals surface area contributed by atoms with Crippen molar-refractivity contribution in [2.75, 3.05) is 6.54 Å². The second-order valence-corrected chi connectivity index (χ2v) is 10.8. The van der Waals surface area contributed by atoms with Crippen LogP contribution in [0.3, 0.4) is 0 Å². The molecule has 0 amide bonds. The van der Waals surface area contributed by atoms with Gasteiger partial charge in [-0.05, 0) is 61.0 Å². The molecule has 0 radical (unpaired) electrons. The molecule has 0 saturated carbocycles. The van der Waals surface area contributed by atoms with Crippen LogP contribution in [0, 0.1) is 6.92 Å². The van der Waals surface area contributed by atoms with Crippen LogP contribution in [0.2, 0.25) is 0 Å². The van der Waals surface area contributed by atoms with Crippen LogP contribution in [0.1, 0.15) is 11.3 Å².